The molecule has 116 valence electrons. The molecular formula is C14H16ClF3N2S. The fraction of sp³-hybridized carbons (Fsp3) is 0.500. The number of thioether (sulfide) groups is 1. The maximum atomic E-state index is 12.8. The first-order valence-corrected chi connectivity index (χ1v) is 8.30. The van der Waals surface area contributed by atoms with Crippen molar-refractivity contribution >= 4 is 34.4 Å². The number of nitrogens with zero attached hydrogens (tertiary/aromatic N) is 2. The number of hydrogen-bond donors (Lipinski definition) is 0. The highest BCUT2D eigenvalue weighted by Gasteiger charge is 2.31. The second-order valence-corrected chi connectivity index (χ2v) is 6.53. The molecule has 0 aliphatic rings. The van der Waals surface area contributed by atoms with Crippen LogP contribution in [0.2, 0.25) is 0 Å². The fourth-order valence-electron chi connectivity index (χ4n) is 2.35. The lowest BCUT2D eigenvalue weighted by atomic mass is 10.2. The lowest BCUT2D eigenvalue weighted by Crippen LogP contribution is -2.12. The van der Waals surface area contributed by atoms with Crippen LogP contribution in [0.5, 0.6) is 0 Å². The minimum atomic E-state index is -4.37. The van der Waals surface area contributed by atoms with Crippen LogP contribution in [-0.2, 0) is 6.18 Å². The molecule has 2 atom stereocenters. The van der Waals surface area contributed by atoms with Crippen LogP contribution in [0.4, 0.5) is 13.2 Å². The topological polar surface area (TPSA) is 17.8 Å². The highest BCUT2D eigenvalue weighted by atomic mass is 35.5. The summed E-state index contributed by atoms with van der Waals surface area (Å²) in [6, 6.07) is 3.76. The molecule has 0 aliphatic carbocycles. The Morgan fingerprint density at radius 3 is 2.52 bits per heavy atom. The van der Waals surface area contributed by atoms with Gasteiger partial charge in [0.1, 0.15) is 5.82 Å². The predicted molar refractivity (Wildman–Crippen MR) is 82.1 cm³/mol. The van der Waals surface area contributed by atoms with Gasteiger partial charge in [-0.25, -0.2) is 4.98 Å². The summed E-state index contributed by atoms with van der Waals surface area (Å²) in [6.07, 6.45) is -2.38. The quantitative estimate of drug-likeness (QED) is 0.707. The standard InChI is InChI=1S/C14H16ClF3N2S/c1-8(7-21-3)20-12-5-4-10(14(16,17)18)6-11(12)19-13(20)9(2)15/h4-6,8-9H,7H2,1-3H3. The van der Waals surface area contributed by atoms with Crippen LogP contribution >= 0.6 is 23.4 Å². The van der Waals surface area contributed by atoms with Crippen molar-refractivity contribution in [1.82, 2.24) is 9.55 Å². The third kappa shape index (κ3) is 3.31. The molecule has 0 fully saturated rings. The van der Waals surface area contributed by atoms with Crippen molar-refractivity contribution in [2.45, 2.75) is 31.4 Å². The lowest BCUT2D eigenvalue weighted by Gasteiger charge is -2.17. The first-order valence-electron chi connectivity index (χ1n) is 6.47. The van der Waals surface area contributed by atoms with Gasteiger partial charge in [0.2, 0.25) is 0 Å². The second-order valence-electron chi connectivity index (χ2n) is 4.96. The van der Waals surface area contributed by atoms with E-state index in [-0.39, 0.29) is 11.4 Å². The summed E-state index contributed by atoms with van der Waals surface area (Å²) in [7, 11) is 0. The van der Waals surface area contributed by atoms with Crippen LogP contribution in [-0.4, -0.2) is 21.6 Å². The number of benzene rings is 1. The average Bonchev–Trinajstić information content (AvgIpc) is 2.76. The van der Waals surface area contributed by atoms with E-state index in [0.717, 1.165) is 17.9 Å². The van der Waals surface area contributed by atoms with Gasteiger partial charge < -0.3 is 4.57 Å². The fourth-order valence-corrected chi connectivity index (χ4v) is 3.14. The minimum absolute atomic E-state index is 0.109. The monoisotopic (exact) mass is 336 g/mol. The molecule has 7 heteroatoms. The van der Waals surface area contributed by atoms with E-state index in [1.807, 2.05) is 17.7 Å². The SMILES string of the molecule is CSCC(C)n1c(C(C)Cl)nc2cc(C(F)(F)F)ccc21. The molecule has 0 radical (unpaired) electrons. The zero-order chi connectivity index (χ0) is 15.8. The Hall–Kier alpha value is -0.880. The number of hydrogen-bond acceptors (Lipinski definition) is 2. The Labute approximate surface area is 130 Å². The van der Waals surface area contributed by atoms with Gasteiger partial charge in [-0.05, 0) is 38.3 Å². The van der Waals surface area contributed by atoms with Crippen molar-refractivity contribution < 1.29 is 13.2 Å². The zero-order valence-electron chi connectivity index (χ0n) is 11.9. The maximum absolute atomic E-state index is 12.8. The van der Waals surface area contributed by atoms with E-state index in [9.17, 15) is 13.2 Å². The van der Waals surface area contributed by atoms with Crippen molar-refractivity contribution in [1.29, 1.82) is 0 Å². The number of imidazole rings is 1. The number of fused-ring (bicyclic) bond motifs is 1. The molecule has 0 saturated heterocycles. The Morgan fingerprint density at radius 1 is 1.33 bits per heavy atom. The molecule has 21 heavy (non-hydrogen) atoms. The molecule has 0 bridgehead atoms. The molecule has 1 aromatic carbocycles. The highest BCUT2D eigenvalue weighted by Crippen LogP contribution is 2.34. The van der Waals surface area contributed by atoms with Gasteiger partial charge in [0, 0.05) is 11.8 Å². The van der Waals surface area contributed by atoms with E-state index in [0.29, 0.717) is 16.9 Å². The predicted octanol–water partition coefficient (Wildman–Crippen LogP) is 5.28. The van der Waals surface area contributed by atoms with Crippen LogP contribution < -0.4 is 0 Å². The molecule has 2 rings (SSSR count). The van der Waals surface area contributed by atoms with Gasteiger partial charge in [-0.15, -0.1) is 11.6 Å². The van der Waals surface area contributed by atoms with Crippen LogP contribution in [0.15, 0.2) is 18.2 Å². The minimum Gasteiger partial charge on any atom is -0.323 e. The van der Waals surface area contributed by atoms with Crippen molar-refractivity contribution in [2.75, 3.05) is 12.0 Å². The van der Waals surface area contributed by atoms with Crippen LogP contribution in [0, 0.1) is 0 Å². The van der Waals surface area contributed by atoms with E-state index in [1.165, 1.54) is 6.07 Å². The van der Waals surface area contributed by atoms with Gasteiger partial charge >= 0.3 is 6.18 Å². The first-order chi connectivity index (χ1) is 9.75. The molecular weight excluding hydrogens is 321 g/mol. The van der Waals surface area contributed by atoms with Crippen molar-refractivity contribution in [3.8, 4) is 0 Å². The van der Waals surface area contributed by atoms with Gasteiger partial charge in [-0.3, -0.25) is 0 Å². The molecule has 2 unspecified atom stereocenters. The summed E-state index contributed by atoms with van der Waals surface area (Å²) >= 11 is 7.81. The molecule has 2 nitrogen and oxygen atoms in total. The smallest absolute Gasteiger partial charge is 0.323 e. The van der Waals surface area contributed by atoms with Gasteiger partial charge in [0.15, 0.2) is 0 Å². The van der Waals surface area contributed by atoms with Crippen molar-refractivity contribution in [3.05, 3.63) is 29.6 Å². The van der Waals surface area contributed by atoms with Gasteiger partial charge in [-0.2, -0.15) is 24.9 Å². The van der Waals surface area contributed by atoms with E-state index in [4.69, 9.17) is 11.6 Å². The third-order valence-electron chi connectivity index (χ3n) is 3.25. The first kappa shape index (κ1) is 16.5. The maximum Gasteiger partial charge on any atom is 0.416 e. The highest BCUT2D eigenvalue weighted by molar-refractivity contribution is 7.98. The molecule has 0 amide bonds. The number of aromatic nitrogens is 2. The normalized spacial score (nSPS) is 15.4. The van der Waals surface area contributed by atoms with Crippen molar-refractivity contribution in [2.24, 2.45) is 0 Å². The zero-order valence-corrected chi connectivity index (χ0v) is 13.5. The van der Waals surface area contributed by atoms with Crippen LogP contribution in [0.1, 0.15) is 36.7 Å². The Kier molecular flexibility index (Phi) is 4.78. The second kappa shape index (κ2) is 6.08. The molecule has 1 aromatic heterocycles. The Bertz CT molecular complexity index is 637. The van der Waals surface area contributed by atoms with Crippen molar-refractivity contribution in [3.63, 3.8) is 0 Å². The summed E-state index contributed by atoms with van der Waals surface area (Å²) in [5, 5.41) is -0.365. The number of rotatable bonds is 4. The molecule has 0 spiro atoms. The average molecular weight is 337 g/mol. The number of halogens is 4. The van der Waals surface area contributed by atoms with E-state index in [2.05, 4.69) is 4.98 Å². The lowest BCUT2D eigenvalue weighted by molar-refractivity contribution is -0.137. The number of alkyl halides is 4. The summed E-state index contributed by atoms with van der Waals surface area (Å²) in [6.45, 7) is 3.79. The van der Waals surface area contributed by atoms with Gasteiger partial charge in [-0.1, -0.05) is 0 Å². The van der Waals surface area contributed by atoms with Crippen LogP contribution in [0.25, 0.3) is 11.0 Å². The van der Waals surface area contributed by atoms with Crippen LogP contribution in [0.3, 0.4) is 0 Å². The molecule has 0 saturated carbocycles. The Morgan fingerprint density at radius 2 is 2.00 bits per heavy atom. The molecule has 0 N–H and O–H groups in total. The van der Waals surface area contributed by atoms with E-state index in [1.54, 1.807) is 18.7 Å². The summed E-state index contributed by atoms with van der Waals surface area (Å²) in [5.74, 6) is 1.44. The van der Waals surface area contributed by atoms with Gasteiger partial charge in [0.25, 0.3) is 0 Å². The summed E-state index contributed by atoms with van der Waals surface area (Å²) in [5.41, 5.74) is 0.332. The Balaban J connectivity index is 2.63. The van der Waals surface area contributed by atoms with E-state index < -0.39 is 11.7 Å². The van der Waals surface area contributed by atoms with Gasteiger partial charge in [0.05, 0.1) is 22.0 Å². The van der Waals surface area contributed by atoms with E-state index >= 15 is 0 Å². The molecule has 2 aromatic rings. The summed E-state index contributed by atoms with van der Waals surface area (Å²) in [4.78, 5) is 4.31. The molecule has 1 heterocycles. The third-order valence-corrected chi connectivity index (χ3v) is 4.26. The largest absolute Gasteiger partial charge is 0.416 e. The summed E-state index contributed by atoms with van der Waals surface area (Å²) < 4.78 is 40.3. The molecule has 0 aliphatic heterocycles.